The van der Waals surface area contributed by atoms with E-state index in [4.69, 9.17) is 9.84 Å². The number of hydrogen-bond acceptors (Lipinski definition) is 5. The molecular formula is C12H9NO4S. The second-order valence-corrected chi connectivity index (χ2v) is 4.34. The first-order valence-electron chi connectivity index (χ1n) is 5.06. The zero-order valence-corrected chi connectivity index (χ0v) is 10.2. The number of aromatic carboxylic acids is 1. The summed E-state index contributed by atoms with van der Waals surface area (Å²) in [6, 6.07) is 8.28. The maximum absolute atomic E-state index is 11.8. The van der Waals surface area contributed by atoms with Crippen LogP contribution in [0.2, 0.25) is 0 Å². The van der Waals surface area contributed by atoms with E-state index in [9.17, 15) is 9.59 Å². The fraction of sp³-hybridized carbons (Fsp3) is 0.0833. The minimum absolute atomic E-state index is 0.156. The molecule has 0 aliphatic carbocycles. The van der Waals surface area contributed by atoms with E-state index >= 15 is 0 Å². The molecule has 2 aromatic rings. The molecule has 0 aliphatic heterocycles. The van der Waals surface area contributed by atoms with Gasteiger partial charge in [-0.1, -0.05) is 18.2 Å². The number of aryl methyl sites for hydroxylation is 1. The van der Waals surface area contributed by atoms with Gasteiger partial charge < -0.3 is 9.84 Å². The zero-order valence-electron chi connectivity index (χ0n) is 9.41. The van der Waals surface area contributed by atoms with Crippen molar-refractivity contribution in [2.45, 2.75) is 6.92 Å². The molecule has 92 valence electrons. The second-order valence-electron chi connectivity index (χ2n) is 3.54. The first-order valence-corrected chi connectivity index (χ1v) is 5.83. The Labute approximate surface area is 107 Å². The molecule has 1 aromatic heterocycles. The highest BCUT2D eigenvalue weighted by Crippen LogP contribution is 2.19. The molecular weight excluding hydrogens is 254 g/mol. The van der Waals surface area contributed by atoms with Gasteiger partial charge in [-0.2, -0.15) is 4.37 Å². The number of hydrogen-bond donors (Lipinski definition) is 1. The Kier molecular flexibility index (Phi) is 3.38. The standard InChI is InChI=1S/C12H9NO4S/c1-7-4-2-3-5-9(7)17-12(16)10-6-8(11(14)15)13-18-10/h2-6H,1H3,(H,14,15). The summed E-state index contributed by atoms with van der Waals surface area (Å²) >= 11 is 0.806. The molecule has 0 bridgehead atoms. The molecule has 18 heavy (non-hydrogen) atoms. The fourth-order valence-electron chi connectivity index (χ4n) is 1.29. The maximum atomic E-state index is 11.8. The van der Waals surface area contributed by atoms with Crippen LogP contribution < -0.4 is 4.74 Å². The summed E-state index contributed by atoms with van der Waals surface area (Å²) in [6.45, 7) is 1.82. The van der Waals surface area contributed by atoms with Crippen molar-refractivity contribution in [2.24, 2.45) is 0 Å². The lowest BCUT2D eigenvalue weighted by Crippen LogP contribution is -2.07. The second kappa shape index (κ2) is 4.97. The zero-order chi connectivity index (χ0) is 13.1. The number of esters is 1. The smallest absolute Gasteiger partial charge is 0.355 e. The summed E-state index contributed by atoms with van der Waals surface area (Å²) in [4.78, 5) is 22.6. The SMILES string of the molecule is Cc1ccccc1OC(=O)c1cc(C(=O)O)ns1. The summed E-state index contributed by atoms with van der Waals surface area (Å²) in [7, 11) is 0. The summed E-state index contributed by atoms with van der Waals surface area (Å²) in [5.74, 6) is -1.32. The van der Waals surface area contributed by atoms with Crippen molar-refractivity contribution >= 4 is 23.5 Å². The lowest BCUT2D eigenvalue weighted by atomic mass is 10.2. The van der Waals surface area contributed by atoms with Gasteiger partial charge in [0, 0.05) is 0 Å². The molecule has 0 atom stereocenters. The Bertz CT molecular complexity index is 606. The third kappa shape index (κ3) is 2.54. The van der Waals surface area contributed by atoms with Crippen LogP contribution in [0.25, 0.3) is 0 Å². The number of aromatic nitrogens is 1. The summed E-state index contributed by atoms with van der Waals surface area (Å²) in [5, 5.41) is 8.71. The van der Waals surface area contributed by atoms with Gasteiger partial charge in [0.25, 0.3) is 0 Å². The third-order valence-corrected chi connectivity index (χ3v) is 3.00. The van der Waals surface area contributed by atoms with Gasteiger partial charge >= 0.3 is 11.9 Å². The molecule has 1 N–H and O–H groups in total. The van der Waals surface area contributed by atoms with Crippen molar-refractivity contribution in [1.82, 2.24) is 4.37 Å². The van der Waals surface area contributed by atoms with Crippen molar-refractivity contribution < 1.29 is 19.4 Å². The van der Waals surface area contributed by atoms with Gasteiger partial charge in [-0.15, -0.1) is 0 Å². The number of carbonyl (C=O) groups is 2. The van der Waals surface area contributed by atoms with Crippen LogP contribution in [0.3, 0.4) is 0 Å². The molecule has 0 radical (unpaired) electrons. The Morgan fingerprint density at radius 2 is 2.06 bits per heavy atom. The lowest BCUT2D eigenvalue weighted by Gasteiger charge is -2.04. The van der Waals surface area contributed by atoms with E-state index in [1.807, 2.05) is 19.1 Å². The first kappa shape index (κ1) is 12.3. The molecule has 0 aliphatic rings. The summed E-state index contributed by atoms with van der Waals surface area (Å²) in [6.07, 6.45) is 0. The van der Waals surface area contributed by atoms with Crippen LogP contribution in [0.1, 0.15) is 25.7 Å². The molecule has 2 rings (SSSR count). The predicted octanol–water partition coefficient (Wildman–Crippen LogP) is 2.37. The van der Waals surface area contributed by atoms with Gasteiger partial charge in [-0.05, 0) is 36.2 Å². The Morgan fingerprint density at radius 1 is 1.33 bits per heavy atom. The Hall–Kier alpha value is -2.21. The molecule has 0 unspecified atom stereocenters. The van der Waals surface area contributed by atoms with Crippen LogP contribution in [-0.2, 0) is 0 Å². The van der Waals surface area contributed by atoms with Gasteiger partial charge in [-0.3, -0.25) is 0 Å². The van der Waals surface area contributed by atoms with Crippen LogP contribution in [0.4, 0.5) is 0 Å². The number of carbonyl (C=O) groups excluding carboxylic acids is 1. The van der Waals surface area contributed by atoms with E-state index in [0.29, 0.717) is 5.75 Å². The summed E-state index contributed by atoms with van der Waals surface area (Å²) in [5.41, 5.74) is 0.672. The lowest BCUT2D eigenvalue weighted by molar-refractivity contribution is 0.0691. The Morgan fingerprint density at radius 3 is 2.67 bits per heavy atom. The summed E-state index contributed by atoms with van der Waals surface area (Å²) < 4.78 is 8.80. The average Bonchev–Trinajstić information content (AvgIpc) is 2.81. The van der Waals surface area contributed by atoms with Gasteiger partial charge in [-0.25, -0.2) is 9.59 Å². The minimum Gasteiger partial charge on any atom is -0.476 e. The number of benzene rings is 1. The molecule has 1 aromatic carbocycles. The number of para-hydroxylation sites is 1. The third-order valence-electron chi connectivity index (χ3n) is 2.23. The average molecular weight is 263 g/mol. The van der Waals surface area contributed by atoms with Gasteiger partial charge in [0.05, 0.1) is 0 Å². The first-order chi connectivity index (χ1) is 8.58. The molecule has 5 nitrogen and oxygen atoms in total. The molecule has 0 amide bonds. The van der Waals surface area contributed by atoms with E-state index in [1.165, 1.54) is 6.07 Å². The monoisotopic (exact) mass is 263 g/mol. The van der Waals surface area contributed by atoms with E-state index in [1.54, 1.807) is 12.1 Å². The molecule has 0 saturated carbocycles. The normalized spacial score (nSPS) is 10.1. The van der Waals surface area contributed by atoms with Gasteiger partial charge in [0.2, 0.25) is 0 Å². The molecule has 1 heterocycles. The van der Waals surface area contributed by atoms with Gasteiger partial charge in [0.1, 0.15) is 10.6 Å². The van der Waals surface area contributed by atoms with Crippen LogP contribution in [-0.4, -0.2) is 21.4 Å². The van der Waals surface area contributed by atoms with Crippen molar-refractivity contribution in [3.05, 3.63) is 46.5 Å². The van der Waals surface area contributed by atoms with Crippen molar-refractivity contribution in [3.8, 4) is 5.75 Å². The number of ether oxygens (including phenoxy) is 1. The molecule has 0 saturated heterocycles. The van der Waals surface area contributed by atoms with Crippen LogP contribution in [0.5, 0.6) is 5.75 Å². The van der Waals surface area contributed by atoms with Crippen LogP contribution in [0, 0.1) is 6.92 Å². The number of carboxylic acids is 1. The maximum Gasteiger partial charge on any atom is 0.355 e. The highest BCUT2D eigenvalue weighted by atomic mass is 32.1. The van der Waals surface area contributed by atoms with E-state index in [-0.39, 0.29) is 10.6 Å². The van der Waals surface area contributed by atoms with Crippen LogP contribution in [0.15, 0.2) is 30.3 Å². The van der Waals surface area contributed by atoms with E-state index in [2.05, 4.69) is 4.37 Å². The van der Waals surface area contributed by atoms with E-state index in [0.717, 1.165) is 17.1 Å². The van der Waals surface area contributed by atoms with Crippen molar-refractivity contribution in [3.63, 3.8) is 0 Å². The number of rotatable bonds is 3. The number of carboxylic acid groups (broad SMARTS) is 1. The highest BCUT2D eigenvalue weighted by Gasteiger charge is 2.16. The van der Waals surface area contributed by atoms with E-state index < -0.39 is 11.9 Å². The molecule has 0 fully saturated rings. The van der Waals surface area contributed by atoms with Crippen LogP contribution >= 0.6 is 11.5 Å². The minimum atomic E-state index is -1.17. The topological polar surface area (TPSA) is 76.5 Å². The van der Waals surface area contributed by atoms with Crippen molar-refractivity contribution in [1.29, 1.82) is 0 Å². The van der Waals surface area contributed by atoms with Gasteiger partial charge in [0.15, 0.2) is 5.69 Å². The quantitative estimate of drug-likeness (QED) is 0.679. The number of nitrogens with zero attached hydrogens (tertiary/aromatic N) is 1. The highest BCUT2D eigenvalue weighted by molar-refractivity contribution is 7.08. The predicted molar refractivity (Wildman–Crippen MR) is 65.2 cm³/mol. The Balaban J connectivity index is 2.17. The fourth-order valence-corrected chi connectivity index (χ4v) is 1.90. The molecule has 0 spiro atoms. The largest absolute Gasteiger partial charge is 0.476 e. The molecule has 6 heteroatoms. The van der Waals surface area contributed by atoms with Crippen molar-refractivity contribution in [2.75, 3.05) is 0 Å².